The summed E-state index contributed by atoms with van der Waals surface area (Å²) in [5.74, 6) is 0.582. The maximum Gasteiger partial charge on any atom is 0.0734 e. The molecule has 1 atom stereocenters. The van der Waals surface area contributed by atoms with E-state index in [0.717, 1.165) is 19.5 Å². The fourth-order valence-electron chi connectivity index (χ4n) is 5.50. The van der Waals surface area contributed by atoms with Crippen LogP contribution in [0.15, 0.2) is 42.5 Å². The summed E-state index contributed by atoms with van der Waals surface area (Å²) >= 11 is 0. The van der Waals surface area contributed by atoms with Crippen LogP contribution in [0.5, 0.6) is 0 Å². The maximum absolute atomic E-state index is 3.86. The van der Waals surface area contributed by atoms with Gasteiger partial charge in [-0.05, 0) is 53.9 Å². The summed E-state index contributed by atoms with van der Waals surface area (Å²) in [6, 6.07) is 16.7. The van der Waals surface area contributed by atoms with Gasteiger partial charge in [-0.15, -0.1) is 0 Å². The third-order valence-electron chi connectivity index (χ3n) is 7.08. The molecule has 0 aliphatic carbocycles. The summed E-state index contributed by atoms with van der Waals surface area (Å²) in [6.07, 6.45) is 9.11. The molecule has 5 rings (SSSR count). The normalized spacial score (nSPS) is 20.0. The minimum atomic E-state index is 0.308. The molecule has 1 N–H and O–H groups in total. The third-order valence-corrected chi connectivity index (χ3v) is 7.08. The van der Waals surface area contributed by atoms with Gasteiger partial charge in [0, 0.05) is 24.2 Å². The van der Waals surface area contributed by atoms with E-state index in [-0.39, 0.29) is 0 Å². The molecule has 0 bridgehead atoms. The Morgan fingerprint density at radius 1 is 0.897 bits per heavy atom. The second-order valence-electron chi connectivity index (χ2n) is 9.31. The Morgan fingerprint density at radius 2 is 1.69 bits per heavy atom. The van der Waals surface area contributed by atoms with Crippen LogP contribution in [0.2, 0.25) is 0 Å². The smallest absolute Gasteiger partial charge is 0.0734 e. The van der Waals surface area contributed by atoms with E-state index >= 15 is 0 Å². The second kappa shape index (κ2) is 7.99. The van der Waals surface area contributed by atoms with Gasteiger partial charge in [0.15, 0.2) is 0 Å². The number of hydrogen-bond acceptors (Lipinski definition) is 1. The number of hydrogen-bond donors (Lipinski definition) is 1. The van der Waals surface area contributed by atoms with E-state index in [4.69, 9.17) is 0 Å². The number of para-hydroxylation sites is 1. The highest BCUT2D eigenvalue weighted by molar-refractivity contribution is 5.89. The molecule has 0 radical (unpaired) electrons. The zero-order valence-electron chi connectivity index (χ0n) is 18.0. The molecule has 152 valence electrons. The van der Waals surface area contributed by atoms with Gasteiger partial charge < -0.3 is 9.88 Å². The standard InChI is InChI=1S/C27H34N2/c1-19(2)20-12-14-21(15-13-20)25-27-24(16-17-28-25)23-11-8-10-22-9-6-4-3-5-7-18-29(27)26(22)23/h8,10-15,19,25,28H,3-7,9,16-18H2,1-2H3. The summed E-state index contributed by atoms with van der Waals surface area (Å²) < 4.78 is 2.71. The van der Waals surface area contributed by atoms with Crippen LogP contribution < -0.4 is 5.32 Å². The Labute approximate surface area is 175 Å². The molecule has 0 fully saturated rings. The van der Waals surface area contributed by atoms with Crippen LogP contribution in [0.25, 0.3) is 10.9 Å². The lowest BCUT2D eigenvalue weighted by molar-refractivity contribution is 0.500. The van der Waals surface area contributed by atoms with Crippen molar-refractivity contribution >= 4 is 10.9 Å². The molecular weight excluding hydrogens is 352 g/mol. The topological polar surface area (TPSA) is 17.0 Å². The van der Waals surface area contributed by atoms with Gasteiger partial charge in [0.25, 0.3) is 0 Å². The molecule has 0 spiro atoms. The Bertz CT molecular complexity index is 994. The van der Waals surface area contributed by atoms with E-state index in [9.17, 15) is 0 Å². The van der Waals surface area contributed by atoms with Crippen molar-refractivity contribution in [1.82, 2.24) is 9.88 Å². The number of benzene rings is 2. The molecule has 29 heavy (non-hydrogen) atoms. The van der Waals surface area contributed by atoms with Crippen LogP contribution in [0.1, 0.15) is 85.9 Å². The van der Waals surface area contributed by atoms with Crippen molar-refractivity contribution in [3.63, 3.8) is 0 Å². The van der Waals surface area contributed by atoms with Crippen LogP contribution >= 0.6 is 0 Å². The average Bonchev–Trinajstić information content (AvgIpc) is 3.08. The molecule has 1 unspecified atom stereocenters. The first-order chi connectivity index (χ1) is 14.2. The predicted molar refractivity (Wildman–Crippen MR) is 123 cm³/mol. The zero-order chi connectivity index (χ0) is 19.8. The van der Waals surface area contributed by atoms with E-state index in [1.165, 1.54) is 66.2 Å². The molecule has 2 nitrogen and oxygen atoms in total. The summed E-state index contributed by atoms with van der Waals surface area (Å²) in [5, 5.41) is 5.38. The van der Waals surface area contributed by atoms with Crippen molar-refractivity contribution in [2.24, 2.45) is 0 Å². The molecule has 3 aromatic rings. The summed E-state index contributed by atoms with van der Waals surface area (Å²) in [7, 11) is 0. The van der Waals surface area contributed by atoms with Crippen molar-refractivity contribution in [1.29, 1.82) is 0 Å². The van der Waals surface area contributed by atoms with Gasteiger partial charge in [0.05, 0.1) is 11.6 Å². The molecule has 3 heterocycles. The molecule has 2 aromatic carbocycles. The van der Waals surface area contributed by atoms with Crippen LogP contribution in [-0.4, -0.2) is 11.1 Å². The monoisotopic (exact) mass is 386 g/mol. The fourth-order valence-corrected chi connectivity index (χ4v) is 5.50. The summed E-state index contributed by atoms with van der Waals surface area (Å²) in [4.78, 5) is 0. The van der Waals surface area contributed by atoms with E-state index in [1.54, 1.807) is 11.1 Å². The lowest BCUT2D eigenvalue weighted by Gasteiger charge is -2.28. The SMILES string of the molecule is CC(C)c1ccc(C2NCCc3c2n2c4c(cccc34)CCCCCCC2)cc1. The maximum atomic E-state index is 3.86. The molecule has 0 saturated heterocycles. The molecular formula is C27H34N2. The number of nitrogens with one attached hydrogen (secondary N) is 1. The lowest BCUT2D eigenvalue weighted by atomic mass is 9.92. The van der Waals surface area contributed by atoms with Crippen molar-refractivity contribution in [3.05, 3.63) is 70.4 Å². The largest absolute Gasteiger partial charge is 0.342 e. The molecule has 2 heteroatoms. The first-order valence-electron chi connectivity index (χ1n) is 11.7. The average molecular weight is 387 g/mol. The highest BCUT2D eigenvalue weighted by atomic mass is 15.1. The van der Waals surface area contributed by atoms with E-state index < -0.39 is 0 Å². The Hall–Kier alpha value is -2.06. The Balaban J connectivity index is 1.67. The van der Waals surface area contributed by atoms with Crippen molar-refractivity contribution in [3.8, 4) is 0 Å². The predicted octanol–water partition coefficient (Wildman–Crippen LogP) is 6.51. The Morgan fingerprint density at radius 3 is 2.52 bits per heavy atom. The fraction of sp³-hybridized carbons (Fsp3) is 0.481. The van der Waals surface area contributed by atoms with Crippen molar-refractivity contribution in [2.75, 3.05) is 6.54 Å². The first kappa shape index (κ1) is 18.9. The zero-order valence-corrected chi connectivity index (χ0v) is 18.0. The van der Waals surface area contributed by atoms with Crippen LogP contribution in [0.3, 0.4) is 0 Å². The van der Waals surface area contributed by atoms with Gasteiger partial charge in [-0.1, -0.05) is 75.6 Å². The first-order valence-corrected chi connectivity index (χ1v) is 11.7. The van der Waals surface area contributed by atoms with Gasteiger partial charge in [0.2, 0.25) is 0 Å². The highest BCUT2D eigenvalue weighted by Crippen LogP contribution is 2.39. The highest BCUT2D eigenvalue weighted by Gasteiger charge is 2.29. The minimum absolute atomic E-state index is 0.308. The molecule has 0 amide bonds. The Kier molecular flexibility index (Phi) is 5.22. The van der Waals surface area contributed by atoms with Crippen LogP contribution in [0, 0.1) is 0 Å². The number of aromatic nitrogens is 1. The number of fused-ring (bicyclic) bond motifs is 3. The van der Waals surface area contributed by atoms with Crippen LogP contribution in [-0.2, 0) is 19.4 Å². The van der Waals surface area contributed by atoms with Crippen LogP contribution in [0.4, 0.5) is 0 Å². The molecule has 1 aromatic heterocycles. The van der Waals surface area contributed by atoms with E-state index in [1.807, 2.05) is 0 Å². The number of nitrogens with zero attached hydrogens (tertiary/aromatic N) is 1. The van der Waals surface area contributed by atoms with Gasteiger partial charge in [-0.25, -0.2) is 0 Å². The van der Waals surface area contributed by atoms with Gasteiger partial charge >= 0.3 is 0 Å². The summed E-state index contributed by atoms with van der Waals surface area (Å²) in [6.45, 7) is 6.77. The molecule has 2 aliphatic rings. The third kappa shape index (κ3) is 3.42. The number of aryl methyl sites for hydroxylation is 2. The second-order valence-corrected chi connectivity index (χ2v) is 9.31. The van der Waals surface area contributed by atoms with Crippen molar-refractivity contribution in [2.45, 2.75) is 77.3 Å². The van der Waals surface area contributed by atoms with Gasteiger partial charge in [0.1, 0.15) is 0 Å². The van der Waals surface area contributed by atoms with E-state index in [2.05, 4.69) is 66.2 Å². The number of rotatable bonds is 2. The molecule has 2 aliphatic heterocycles. The van der Waals surface area contributed by atoms with Gasteiger partial charge in [-0.2, -0.15) is 0 Å². The van der Waals surface area contributed by atoms with Gasteiger partial charge in [-0.3, -0.25) is 0 Å². The minimum Gasteiger partial charge on any atom is -0.342 e. The quantitative estimate of drug-likeness (QED) is 0.531. The van der Waals surface area contributed by atoms with Crippen molar-refractivity contribution < 1.29 is 0 Å². The van der Waals surface area contributed by atoms with E-state index in [0.29, 0.717) is 12.0 Å². The summed E-state index contributed by atoms with van der Waals surface area (Å²) in [5.41, 5.74) is 9.07. The lowest BCUT2D eigenvalue weighted by Crippen LogP contribution is -2.32. The molecule has 0 saturated carbocycles.